The molecule has 0 radical (unpaired) electrons. The van der Waals surface area contributed by atoms with Crippen LogP contribution in [0.5, 0.6) is 0 Å². The van der Waals surface area contributed by atoms with E-state index < -0.39 is 20.6 Å². The van der Waals surface area contributed by atoms with Crippen molar-refractivity contribution in [2.45, 2.75) is 22.6 Å². The Kier molecular flexibility index (Phi) is 3.34. The number of nitrogens with zero attached hydrogens (tertiary/aromatic N) is 2. The van der Waals surface area contributed by atoms with E-state index in [1.807, 2.05) is 84.7 Å². The lowest BCUT2D eigenvalue weighted by Crippen LogP contribution is -2.46. The van der Waals surface area contributed by atoms with Crippen molar-refractivity contribution in [3.8, 4) is 0 Å². The molecule has 0 fully saturated rings. The fraction of sp³-hybridized carbons (Fsp3) is 0.136. The van der Waals surface area contributed by atoms with Gasteiger partial charge >= 0.3 is 0 Å². The van der Waals surface area contributed by atoms with Crippen LogP contribution in [0.2, 0.25) is 0 Å². The van der Waals surface area contributed by atoms with E-state index in [0.29, 0.717) is 10.6 Å². The summed E-state index contributed by atoms with van der Waals surface area (Å²) in [6.07, 6.45) is 0. The zero-order valence-corrected chi connectivity index (χ0v) is 15.6. The molecule has 0 saturated carbocycles. The Labute approximate surface area is 158 Å². The molecule has 2 heterocycles. The molecule has 134 valence electrons. The molecule has 27 heavy (non-hydrogen) atoms. The number of para-hydroxylation sites is 1. The van der Waals surface area contributed by atoms with E-state index in [1.54, 1.807) is 12.1 Å². The average Bonchev–Trinajstić information content (AvgIpc) is 3.12. The van der Waals surface area contributed by atoms with Crippen molar-refractivity contribution in [3.05, 3.63) is 96.1 Å². The summed E-state index contributed by atoms with van der Waals surface area (Å²) in [4.78, 5) is 0.404. The number of anilines is 1. The minimum Gasteiger partial charge on any atom is -0.253 e. The molecular weight excluding hydrogens is 356 g/mol. The minimum atomic E-state index is -3.55. The summed E-state index contributed by atoms with van der Waals surface area (Å²) in [7, 11) is -3.55. The van der Waals surface area contributed by atoms with Crippen LogP contribution in [0.3, 0.4) is 0 Å². The Morgan fingerprint density at radius 1 is 0.852 bits per heavy atom. The minimum absolute atomic E-state index is 0.404. The Morgan fingerprint density at radius 2 is 1.44 bits per heavy atom. The van der Waals surface area contributed by atoms with Crippen molar-refractivity contribution in [2.75, 3.05) is 5.01 Å². The van der Waals surface area contributed by atoms with Crippen LogP contribution < -0.4 is 5.01 Å². The monoisotopic (exact) mass is 374 g/mol. The highest BCUT2D eigenvalue weighted by Crippen LogP contribution is 2.53. The van der Waals surface area contributed by atoms with Crippen molar-refractivity contribution in [2.24, 2.45) is 5.10 Å². The molecule has 5 rings (SSSR count). The van der Waals surface area contributed by atoms with Crippen LogP contribution in [0.4, 0.5) is 5.69 Å². The van der Waals surface area contributed by atoms with Gasteiger partial charge in [0.1, 0.15) is 10.8 Å². The molecule has 3 aromatic carbocycles. The average molecular weight is 374 g/mol. The normalized spacial score (nSPS) is 25.0. The van der Waals surface area contributed by atoms with Crippen LogP contribution in [-0.4, -0.2) is 19.4 Å². The van der Waals surface area contributed by atoms with Gasteiger partial charge in [0, 0.05) is 0 Å². The number of benzene rings is 3. The third kappa shape index (κ3) is 2.09. The zero-order valence-electron chi connectivity index (χ0n) is 14.8. The lowest BCUT2D eigenvalue weighted by atomic mass is 9.85. The van der Waals surface area contributed by atoms with Gasteiger partial charge in [-0.3, -0.25) is 5.01 Å². The van der Waals surface area contributed by atoms with Gasteiger partial charge in [0.25, 0.3) is 0 Å². The fourth-order valence-electron chi connectivity index (χ4n) is 4.32. The number of hydrazone groups is 1. The molecule has 0 spiro atoms. The van der Waals surface area contributed by atoms with Crippen LogP contribution in [0.15, 0.2) is 94.9 Å². The quantitative estimate of drug-likeness (QED) is 0.682. The van der Waals surface area contributed by atoms with Gasteiger partial charge < -0.3 is 0 Å². The standard InChI is InChI=1S/C22H18N2O2S/c1-22-18-14-8-9-15-19(18)27(25,26)21(22)20(16-10-4-2-5-11-16)23-24(22)17-12-6-3-7-13-17/h2-15,21H,1H3. The third-order valence-corrected chi connectivity index (χ3v) is 7.80. The predicted molar refractivity (Wildman–Crippen MR) is 107 cm³/mol. The third-order valence-electron chi connectivity index (χ3n) is 5.53. The second-order valence-electron chi connectivity index (χ2n) is 7.07. The smallest absolute Gasteiger partial charge is 0.190 e. The van der Waals surface area contributed by atoms with Gasteiger partial charge in [-0.15, -0.1) is 0 Å². The SMILES string of the molecule is CC12c3ccccc3S(=O)(=O)C1C(c1ccccc1)=NN2c1ccccc1. The molecule has 0 bridgehead atoms. The number of sulfone groups is 1. The van der Waals surface area contributed by atoms with Crippen molar-refractivity contribution in [1.82, 2.24) is 0 Å². The van der Waals surface area contributed by atoms with Crippen molar-refractivity contribution >= 4 is 21.2 Å². The van der Waals surface area contributed by atoms with Crippen molar-refractivity contribution in [1.29, 1.82) is 0 Å². The maximum atomic E-state index is 13.5. The van der Waals surface area contributed by atoms with Crippen LogP contribution in [0, 0.1) is 0 Å². The highest BCUT2D eigenvalue weighted by molar-refractivity contribution is 7.93. The molecule has 4 nitrogen and oxygen atoms in total. The number of rotatable bonds is 2. The van der Waals surface area contributed by atoms with Crippen LogP contribution in [-0.2, 0) is 15.4 Å². The number of hydrogen-bond donors (Lipinski definition) is 0. The highest BCUT2D eigenvalue weighted by atomic mass is 32.2. The molecule has 0 saturated heterocycles. The Morgan fingerprint density at radius 3 is 2.15 bits per heavy atom. The maximum absolute atomic E-state index is 13.5. The molecule has 0 N–H and O–H groups in total. The van der Waals surface area contributed by atoms with Crippen molar-refractivity contribution < 1.29 is 8.42 Å². The van der Waals surface area contributed by atoms with Crippen LogP contribution in [0.1, 0.15) is 18.1 Å². The summed E-state index contributed by atoms with van der Waals surface area (Å²) in [6.45, 7) is 1.98. The first-order valence-corrected chi connectivity index (χ1v) is 10.4. The fourth-order valence-corrected chi connectivity index (χ4v) is 6.73. The van der Waals surface area contributed by atoms with Gasteiger partial charge in [0.05, 0.1) is 16.3 Å². The Bertz CT molecular complexity index is 1160. The van der Waals surface area contributed by atoms with Gasteiger partial charge in [-0.1, -0.05) is 66.7 Å². The largest absolute Gasteiger partial charge is 0.253 e. The zero-order chi connectivity index (χ0) is 18.6. The summed E-state index contributed by atoms with van der Waals surface area (Å²) in [5, 5.41) is 5.98. The lowest BCUT2D eigenvalue weighted by molar-refractivity contribution is 0.494. The van der Waals surface area contributed by atoms with E-state index in [1.165, 1.54) is 0 Å². The van der Waals surface area contributed by atoms with E-state index in [4.69, 9.17) is 5.10 Å². The van der Waals surface area contributed by atoms with Crippen molar-refractivity contribution in [3.63, 3.8) is 0 Å². The van der Waals surface area contributed by atoms with E-state index in [2.05, 4.69) is 0 Å². The Hall–Kier alpha value is -2.92. The molecule has 0 aliphatic carbocycles. The van der Waals surface area contributed by atoms with E-state index in [0.717, 1.165) is 16.8 Å². The number of hydrogen-bond acceptors (Lipinski definition) is 4. The van der Waals surface area contributed by atoms with Crippen LogP contribution >= 0.6 is 0 Å². The summed E-state index contributed by atoms with van der Waals surface area (Å²) in [5.41, 5.74) is 2.32. The molecule has 2 aliphatic rings. The molecule has 2 aliphatic heterocycles. The molecule has 2 atom stereocenters. The summed E-state index contributed by atoms with van der Waals surface area (Å²) < 4.78 is 27.0. The molecule has 5 heteroatoms. The first kappa shape index (κ1) is 16.3. The molecular formula is C22H18N2O2S. The van der Waals surface area contributed by atoms with E-state index >= 15 is 0 Å². The topological polar surface area (TPSA) is 49.7 Å². The summed E-state index contributed by atoms with van der Waals surface area (Å²) in [6, 6.07) is 26.7. The van der Waals surface area contributed by atoms with Gasteiger partial charge in [-0.05, 0) is 36.2 Å². The lowest BCUT2D eigenvalue weighted by Gasteiger charge is -2.34. The van der Waals surface area contributed by atoms with Gasteiger partial charge in [0.2, 0.25) is 0 Å². The Balaban J connectivity index is 1.82. The van der Waals surface area contributed by atoms with E-state index in [9.17, 15) is 8.42 Å². The molecule has 3 aromatic rings. The second-order valence-corrected chi connectivity index (χ2v) is 9.07. The first-order chi connectivity index (χ1) is 13.0. The first-order valence-electron chi connectivity index (χ1n) is 8.87. The van der Waals surface area contributed by atoms with Gasteiger partial charge in [-0.25, -0.2) is 8.42 Å². The second kappa shape index (κ2) is 5.54. The highest BCUT2D eigenvalue weighted by Gasteiger charge is 2.62. The van der Waals surface area contributed by atoms with Gasteiger partial charge in [-0.2, -0.15) is 5.10 Å². The maximum Gasteiger partial charge on any atom is 0.190 e. The molecule has 0 amide bonds. The molecule has 0 aromatic heterocycles. The van der Waals surface area contributed by atoms with E-state index in [-0.39, 0.29) is 0 Å². The van der Waals surface area contributed by atoms with Gasteiger partial charge in [0.15, 0.2) is 9.84 Å². The number of fused-ring (bicyclic) bond motifs is 3. The predicted octanol–water partition coefficient (Wildman–Crippen LogP) is 3.98. The molecule has 2 unspecified atom stereocenters. The summed E-state index contributed by atoms with van der Waals surface area (Å²) >= 11 is 0. The summed E-state index contributed by atoms with van der Waals surface area (Å²) in [5.74, 6) is 0. The van der Waals surface area contributed by atoms with Crippen LogP contribution in [0.25, 0.3) is 0 Å².